The van der Waals surface area contributed by atoms with E-state index in [0.29, 0.717) is 0 Å². The molecule has 0 radical (unpaired) electrons. The molecule has 0 aromatic heterocycles. The van der Waals surface area contributed by atoms with Gasteiger partial charge in [0.15, 0.2) is 0 Å². The van der Waals surface area contributed by atoms with Crippen molar-refractivity contribution in [2.24, 2.45) is 0 Å². The average Bonchev–Trinajstić information content (AvgIpc) is 2.30. The van der Waals surface area contributed by atoms with Gasteiger partial charge in [-0.05, 0) is 19.1 Å². The Bertz CT molecular complexity index is 369. The summed E-state index contributed by atoms with van der Waals surface area (Å²) in [7, 11) is 0. The lowest BCUT2D eigenvalue weighted by Crippen LogP contribution is -2.38. The molecule has 0 N–H and O–H groups in total. The van der Waals surface area contributed by atoms with Crippen LogP contribution in [0.3, 0.4) is 0 Å². The van der Waals surface area contributed by atoms with Gasteiger partial charge in [-0.1, -0.05) is 24.1 Å². The van der Waals surface area contributed by atoms with Crippen molar-refractivity contribution < 1.29 is 4.79 Å². The number of amides is 1. The molecule has 0 aliphatic carbocycles. The van der Waals surface area contributed by atoms with Crippen molar-refractivity contribution in [3.63, 3.8) is 0 Å². The van der Waals surface area contributed by atoms with E-state index in [0.717, 1.165) is 5.69 Å². The Morgan fingerprint density at radius 3 is 2.60 bits per heavy atom. The van der Waals surface area contributed by atoms with Crippen LogP contribution in [0, 0.1) is 12.3 Å². The number of rotatable bonds is 3. The van der Waals surface area contributed by atoms with E-state index in [1.54, 1.807) is 6.92 Å². The first-order valence-corrected chi connectivity index (χ1v) is 5.13. The van der Waals surface area contributed by atoms with E-state index in [9.17, 15) is 4.79 Å². The lowest BCUT2D eigenvalue weighted by Gasteiger charge is -2.25. The fraction of sp³-hybridized carbons (Fsp3) is 0.250. The number of terminal acetylenes is 1. The number of para-hydroxylation sites is 1. The Morgan fingerprint density at radius 2 is 2.13 bits per heavy atom. The van der Waals surface area contributed by atoms with Gasteiger partial charge in [-0.15, -0.1) is 18.0 Å². The summed E-state index contributed by atoms with van der Waals surface area (Å²) in [6.45, 7) is 1.79. The summed E-state index contributed by atoms with van der Waals surface area (Å²) in [6, 6.07) is 8.96. The lowest BCUT2D eigenvalue weighted by atomic mass is 10.2. The van der Waals surface area contributed by atoms with Gasteiger partial charge in [-0.2, -0.15) is 0 Å². The fourth-order valence-electron chi connectivity index (χ4n) is 1.31. The first kappa shape index (κ1) is 11.6. The number of nitrogens with zero attached hydrogens (tertiary/aromatic N) is 1. The molecule has 2 nitrogen and oxygen atoms in total. The molecule has 0 spiro atoms. The maximum atomic E-state index is 11.6. The highest BCUT2D eigenvalue weighted by Gasteiger charge is 2.18. The van der Waals surface area contributed by atoms with Crippen LogP contribution in [-0.2, 0) is 4.79 Å². The molecule has 0 unspecified atom stereocenters. The van der Waals surface area contributed by atoms with Crippen LogP contribution in [0.2, 0.25) is 0 Å². The van der Waals surface area contributed by atoms with Crippen LogP contribution >= 0.6 is 11.6 Å². The number of anilines is 1. The van der Waals surface area contributed by atoms with Crippen molar-refractivity contribution in [2.45, 2.75) is 13.0 Å². The third-order valence-corrected chi connectivity index (χ3v) is 2.27. The van der Waals surface area contributed by atoms with E-state index in [2.05, 4.69) is 5.92 Å². The average molecular weight is 222 g/mol. The van der Waals surface area contributed by atoms with Crippen LogP contribution < -0.4 is 4.90 Å². The van der Waals surface area contributed by atoms with Crippen molar-refractivity contribution in [1.29, 1.82) is 0 Å². The van der Waals surface area contributed by atoms with Gasteiger partial charge in [0, 0.05) is 5.69 Å². The highest BCUT2D eigenvalue weighted by atomic mass is 35.5. The zero-order chi connectivity index (χ0) is 11.3. The van der Waals surface area contributed by atoms with E-state index in [4.69, 9.17) is 18.0 Å². The van der Waals surface area contributed by atoms with Gasteiger partial charge in [-0.3, -0.25) is 9.69 Å². The maximum Gasteiger partial charge on any atom is 0.242 e. The molecule has 0 aliphatic rings. The molecule has 3 heteroatoms. The molecule has 1 amide bonds. The number of hydrogen-bond donors (Lipinski definition) is 0. The van der Waals surface area contributed by atoms with E-state index in [1.165, 1.54) is 4.90 Å². The number of alkyl halides is 1. The Labute approximate surface area is 94.8 Å². The topological polar surface area (TPSA) is 20.3 Å². The van der Waals surface area contributed by atoms with Crippen molar-refractivity contribution in [3.8, 4) is 12.3 Å². The van der Waals surface area contributed by atoms with Crippen LogP contribution in [0.4, 0.5) is 5.69 Å². The minimum atomic E-state index is -0.293. The number of hydrogen-bond acceptors (Lipinski definition) is 1. The van der Waals surface area contributed by atoms with E-state index in [-0.39, 0.29) is 17.8 Å². The molecule has 1 aromatic rings. The Kier molecular flexibility index (Phi) is 4.20. The molecular weight excluding hydrogens is 210 g/mol. The zero-order valence-electron chi connectivity index (χ0n) is 8.48. The van der Waals surface area contributed by atoms with Crippen LogP contribution in [0.1, 0.15) is 6.92 Å². The quantitative estimate of drug-likeness (QED) is 0.567. The Balaban J connectivity index is 3.03. The van der Waals surface area contributed by atoms with Gasteiger partial charge in [0.2, 0.25) is 5.91 Å². The van der Waals surface area contributed by atoms with Crippen LogP contribution in [-0.4, -0.2) is 17.8 Å². The first-order chi connectivity index (χ1) is 7.20. The van der Waals surface area contributed by atoms with Gasteiger partial charge < -0.3 is 0 Å². The molecule has 1 atom stereocenters. The standard InChI is InChI=1S/C12H12ClNO/c1-3-10(2)14(12(15)9-13)11-7-5-4-6-8-11/h1,4-8,10H,9H2,2H3/t10-/m1/s1. The zero-order valence-corrected chi connectivity index (χ0v) is 9.24. The third-order valence-electron chi connectivity index (χ3n) is 2.05. The highest BCUT2D eigenvalue weighted by molar-refractivity contribution is 6.29. The number of carbonyl (C=O) groups is 1. The van der Waals surface area contributed by atoms with Gasteiger partial charge in [0.25, 0.3) is 0 Å². The molecule has 15 heavy (non-hydrogen) atoms. The predicted molar refractivity (Wildman–Crippen MR) is 62.9 cm³/mol. The van der Waals surface area contributed by atoms with E-state index < -0.39 is 0 Å². The summed E-state index contributed by atoms with van der Waals surface area (Å²) in [4.78, 5) is 13.1. The Morgan fingerprint density at radius 1 is 1.53 bits per heavy atom. The minimum absolute atomic E-state index is 0.0685. The number of halogens is 1. The second-order valence-electron chi connectivity index (χ2n) is 3.08. The van der Waals surface area contributed by atoms with Crippen LogP contribution in [0.5, 0.6) is 0 Å². The van der Waals surface area contributed by atoms with Gasteiger partial charge in [0.05, 0.1) is 6.04 Å². The fourth-order valence-corrected chi connectivity index (χ4v) is 1.44. The molecule has 78 valence electrons. The highest BCUT2D eigenvalue weighted by Crippen LogP contribution is 2.16. The SMILES string of the molecule is C#C[C@@H](C)N(C(=O)CCl)c1ccccc1. The first-order valence-electron chi connectivity index (χ1n) is 4.60. The lowest BCUT2D eigenvalue weighted by molar-refractivity contribution is -0.116. The molecule has 0 saturated heterocycles. The molecule has 0 heterocycles. The third kappa shape index (κ3) is 2.74. The summed E-state index contributed by atoms with van der Waals surface area (Å²) in [6.07, 6.45) is 5.32. The molecule has 0 saturated carbocycles. The smallest absolute Gasteiger partial charge is 0.242 e. The van der Waals surface area contributed by atoms with Crippen molar-refractivity contribution in [3.05, 3.63) is 30.3 Å². The van der Waals surface area contributed by atoms with Gasteiger partial charge in [0.1, 0.15) is 5.88 Å². The van der Waals surface area contributed by atoms with E-state index in [1.807, 2.05) is 30.3 Å². The molecule has 1 rings (SSSR count). The van der Waals surface area contributed by atoms with Crippen molar-refractivity contribution >= 4 is 23.2 Å². The molecule has 0 bridgehead atoms. The monoisotopic (exact) mass is 221 g/mol. The normalized spacial score (nSPS) is 11.5. The maximum absolute atomic E-state index is 11.6. The molecule has 0 fully saturated rings. The number of benzene rings is 1. The van der Waals surface area contributed by atoms with Crippen LogP contribution in [0.15, 0.2) is 30.3 Å². The second kappa shape index (κ2) is 5.43. The van der Waals surface area contributed by atoms with Crippen molar-refractivity contribution in [2.75, 3.05) is 10.8 Å². The van der Waals surface area contributed by atoms with Gasteiger partial charge in [-0.25, -0.2) is 0 Å². The number of carbonyl (C=O) groups excluding carboxylic acids is 1. The Hall–Kier alpha value is -1.46. The molecule has 0 aliphatic heterocycles. The van der Waals surface area contributed by atoms with Gasteiger partial charge >= 0.3 is 0 Å². The summed E-state index contributed by atoms with van der Waals surface area (Å²) in [5.74, 6) is 2.27. The largest absolute Gasteiger partial charge is 0.297 e. The summed E-state index contributed by atoms with van der Waals surface area (Å²) in [5.41, 5.74) is 0.772. The minimum Gasteiger partial charge on any atom is -0.297 e. The summed E-state index contributed by atoms with van der Waals surface area (Å²) in [5, 5.41) is 0. The van der Waals surface area contributed by atoms with Crippen LogP contribution in [0.25, 0.3) is 0 Å². The second-order valence-corrected chi connectivity index (χ2v) is 3.34. The van der Waals surface area contributed by atoms with Crippen molar-refractivity contribution in [1.82, 2.24) is 0 Å². The molecular formula is C12H12ClNO. The van der Waals surface area contributed by atoms with E-state index >= 15 is 0 Å². The molecule has 1 aromatic carbocycles. The predicted octanol–water partition coefficient (Wildman–Crippen LogP) is 2.28. The summed E-state index contributed by atoms with van der Waals surface area (Å²) < 4.78 is 0. The summed E-state index contributed by atoms with van der Waals surface area (Å²) >= 11 is 5.54.